The van der Waals surface area contributed by atoms with Crippen LogP contribution in [-0.2, 0) is 19.2 Å². The molecule has 1 aliphatic carbocycles. The molecule has 1 N–H and O–H groups in total. The van der Waals surface area contributed by atoms with E-state index >= 15 is 0 Å². The molecule has 1 aromatic heterocycles. The summed E-state index contributed by atoms with van der Waals surface area (Å²) in [6, 6.07) is 5.99. The first kappa shape index (κ1) is 18.3. The molecule has 0 amide bonds. The second-order valence-corrected chi connectivity index (χ2v) is 7.88. The van der Waals surface area contributed by atoms with Crippen LogP contribution in [0.5, 0.6) is 11.5 Å². The molecule has 0 spiro atoms. The normalized spacial score (nSPS) is 28.1. The van der Waals surface area contributed by atoms with Crippen molar-refractivity contribution in [3.05, 3.63) is 42.0 Å². The molecule has 2 fully saturated rings. The minimum absolute atomic E-state index is 0.204. The first-order chi connectivity index (χ1) is 13.1. The van der Waals surface area contributed by atoms with Gasteiger partial charge in [-0.15, -0.1) is 0 Å². The molecule has 2 bridgehead atoms. The van der Waals surface area contributed by atoms with Gasteiger partial charge in [-0.1, -0.05) is 12.5 Å². The molecule has 146 valence electrons. The summed E-state index contributed by atoms with van der Waals surface area (Å²) >= 11 is 0. The van der Waals surface area contributed by atoms with E-state index in [-0.39, 0.29) is 11.8 Å². The lowest BCUT2D eigenvalue weighted by Gasteiger charge is -2.52. The maximum absolute atomic E-state index is 11.7. The van der Waals surface area contributed by atoms with Gasteiger partial charge in [0.2, 0.25) is 0 Å². The van der Waals surface area contributed by atoms with E-state index in [1.807, 2.05) is 29.9 Å². The van der Waals surface area contributed by atoms with E-state index < -0.39 is 5.60 Å². The zero-order valence-corrected chi connectivity index (χ0v) is 16.4. The number of piperidine rings is 1. The van der Waals surface area contributed by atoms with Crippen molar-refractivity contribution >= 4 is 0 Å². The van der Waals surface area contributed by atoms with Gasteiger partial charge in [0.05, 0.1) is 14.2 Å². The number of aryl methyl sites for hydroxylation is 1. The van der Waals surface area contributed by atoms with Gasteiger partial charge in [0.25, 0.3) is 0 Å². The van der Waals surface area contributed by atoms with E-state index in [0.29, 0.717) is 0 Å². The molecule has 1 aliphatic heterocycles. The number of hydrogen-bond acceptors (Lipinski definition) is 5. The van der Waals surface area contributed by atoms with E-state index in [4.69, 9.17) is 9.47 Å². The number of ether oxygens (including phenoxy) is 2. The number of hydrogen-bond donors (Lipinski definition) is 1. The Hall–Kier alpha value is -2.05. The standard InChI is InChI=1S/C21H29N3O3/c1-23-10-9-22-20(23)21(25)16-5-4-6-17(21)14-24(13-16)12-15-7-8-18(26-2)11-19(15)27-3/h7-11,16-17,25H,4-6,12-14H2,1-3H3. The first-order valence-corrected chi connectivity index (χ1v) is 9.69. The highest BCUT2D eigenvalue weighted by atomic mass is 16.5. The van der Waals surface area contributed by atoms with E-state index in [0.717, 1.165) is 55.4 Å². The molecule has 1 saturated carbocycles. The SMILES string of the molecule is COc1ccc(CN2CC3CCCC(C2)C3(O)c2nccn2C)c(OC)c1. The minimum atomic E-state index is -0.822. The Morgan fingerprint density at radius 1 is 1.19 bits per heavy atom. The predicted molar refractivity (Wildman–Crippen MR) is 103 cm³/mol. The second kappa shape index (κ2) is 7.17. The number of methoxy groups -OCH3 is 2. The summed E-state index contributed by atoms with van der Waals surface area (Å²) in [6.45, 7) is 2.56. The van der Waals surface area contributed by atoms with E-state index in [2.05, 4.69) is 16.0 Å². The summed E-state index contributed by atoms with van der Waals surface area (Å²) < 4.78 is 12.9. The monoisotopic (exact) mass is 371 g/mol. The van der Waals surface area contributed by atoms with Crippen LogP contribution in [0.25, 0.3) is 0 Å². The highest BCUT2D eigenvalue weighted by Gasteiger charge is 2.53. The van der Waals surface area contributed by atoms with Gasteiger partial charge in [-0.05, 0) is 18.9 Å². The van der Waals surface area contributed by atoms with E-state index in [1.54, 1.807) is 20.4 Å². The molecular weight excluding hydrogens is 342 g/mol. The van der Waals surface area contributed by atoms with Crippen molar-refractivity contribution in [3.8, 4) is 11.5 Å². The number of rotatable bonds is 5. The Balaban J connectivity index is 1.57. The molecule has 2 aliphatic rings. The molecule has 4 rings (SSSR count). The number of benzene rings is 1. The molecule has 6 nitrogen and oxygen atoms in total. The van der Waals surface area contributed by atoms with Gasteiger partial charge in [0, 0.05) is 62.5 Å². The van der Waals surface area contributed by atoms with Crippen LogP contribution >= 0.6 is 0 Å². The Labute approximate surface area is 160 Å². The van der Waals surface area contributed by atoms with Crippen LogP contribution in [0.2, 0.25) is 0 Å². The number of likely N-dealkylation sites (tertiary alicyclic amines) is 1. The van der Waals surface area contributed by atoms with Crippen LogP contribution < -0.4 is 9.47 Å². The molecule has 6 heteroatoms. The number of nitrogens with zero attached hydrogens (tertiary/aromatic N) is 3. The fourth-order valence-corrected chi connectivity index (χ4v) is 5.01. The summed E-state index contributed by atoms with van der Waals surface area (Å²) in [4.78, 5) is 6.96. The first-order valence-electron chi connectivity index (χ1n) is 9.69. The third-order valence-electron chi connectivity index (χ3n) is 6.37. The fraction of sp³-hybridized carbons (Fsp3) is 0.571. The lowest BCUT2D eigenvalue weighted by molar-refractivity contribution is -0.155. The van der Waals surface area contributed by atoms with Crippen LogP contribution in [0.15, 0.2) is 30.6 Å². The maximum Gasteiger partial charge on any atom is 0.141 e. The van der Waals surface area contributed by atoms with Gasteiger partial charge in [-0.3, -0.25) is 4.90 Å². The van der Waals surface area contributed by atoms with Crippen molar-refractivity contribution < 1.29 is 14.6 Å². The number of aliphatic hydroxyl groups is 1. The topological polar surface area (TPSA) is 59.8 Å². The van der Waals surface area contributed by atoms with Crippen LogP contribution in [-0.4, -0.2) is 46.9 Å². The quantitative estimate of drug-likeness (QED) is 0.875. The van der Waals surface area contributed by atoms with Crippen LogP contribution in [0, 0.1) is 11.8 Å². The summed E-state index contributed by atoms with van der Waals surface area (Å²) in [6.07, 6.45) is 6.98. The van der Waals surface area contributed by atoms with Crippen molar-refractivity contribution in [2.75, 3.05) is 27.3 Å². The van der Waals surface area contributed by atoms with Gasteiger partial charge in [-0.2, -0.15) is 0 Å². The van der Waals surface area contributed by atoms with E-state index in [1.165, 1.54) is 6.42 Å². The second-order valence-electron chi connectivity index (χ2n) is 7.88. The Morgan fingerprint density at radius 2 is 1.93 bits per heavy atom. The van der Waals surface area contributed by atoms with Gasteiger partial charge in [-0.25, -0.2) is 4.98 Å². The van der Waals surface area contributed by atoms with Crippen LogP contribution in [0.4, 0.5) is 0 Å². The Morgan fingerprint density at radius 3 is 2.52 bits per heavy atom. The third-order valence-corrected chi connectivity index (χ3v) is 6.37. The molecule has 0 radical (unpaired) electrons. The summed E-state index contributed by atoms with van der Waals surface area (Å²) in [5.74, 6) is 2.88. The predicted octanol–water partition coefficient (Wildman–Crippen LogP) is 2.56. The summed E-state index contributed by atoms with van der Waals surface area (Å²) in [7, 11) is 5.34. The van der Waals surface area contributed by atoms with Gasteiger partial charge < -0.3 is 19.1 Å². The Kier molecular flexibility index (Phi) is 4.86. The average molecular weight is 371 g/mol. The third kappa shape index (κ3) is 3.11. The molecule has 1 aromatic carbocycles. The zero-order valence-electron chi connectivity index (χ0n) is 16.4. The lowest BCUT2D eigenvalue weighted by Crippen LogP contribution is -2.58. The van der Waals surface area contributed by atoms with Crippen LogP contribution in [0.3, 0.4) is 0 Å². The highest BCUT2D eigenvalue weighted by molar-refractivity contribution is 5.40. The molecular formula is C21H29N3O3. The number of fused-ring (bicyclic) bond motifs is 2. The fourth-order valence-electron chi connectivity index (χ4n) is 5.01. The minimum Gasteiger partial charge on any atom is -0.497 e. The number of aromatic nitrogens is 2. The molecule has 2 heterocycles. The summed E-state index contributed by atoms with van der Waals surface area (Å²) in [5, 5.41) is 11.7. The van der Waals surface area contributed by atoms with Crippen molar-refractivity contribution in [1.82, 2.24) is 14.5 Å². The molecule has 27 heavy (non-hydrogen) atoms. The number of imidazole rings is 1. The van der Waals surface area contributed by atoms with Crippen molar-refractivity contribution in [2.24, 2.45) is 18.9 Å². The summed E-state index contributed by atoms with van der Waals surface area (Å²) in [5.41, 5.74) is 0.329. The van der Waals surface area contributed by atoms with Crippen molar-refractivity contribution in [3.63, 3.8) is 0 Å². The van der Waals surface area contributed by atoms with Gasteiger partial charge >= 0.3 is 0 Å². The van der Waals surface area contributed by atoms with Gasteiger partial charge in [0.1, 0.15) is 22.9 Å². The molecule has 1 saturated heterocycles. The molecule has 2 unspecified atom stereocenters. The smallest absolute Gasteiger partial charge is 0.141 e. The van der Waals surface area contributed by atoms with Crippen molar-refractivity contribution in [2.45, 2.75) is 31.4 Å². The lowest BCUT2D eigenvalue weighted by atomic mass is 9.65. The van der Waals surface area contributed by atoms with Crippen LogP contribution in [0.1, 0.15) is 30.7 Å². The van der Waals surface area contributed by atoms with Gasteiger partial charge in [0.15, 0.2) is 0 Å². The highest BCUT2D eigenvalue weighted by Crippen LogP contribution is 2.48. The van der Waals surface area contributed by atoms with Crippen molar-refractivity contribution in [1.29, 1.82) is 0 Å². The molecule has 2 atom stereocenters. The average Bonchev–Trinajstić information content (AvgIpc) is 3.09. The zero-order chi connectivity index (χ0) is 19.0. The largest absolute Gasteiger partial charge is 0.497 e. The maximum atomic E-state index is 11.7. The van der Waals surface area contributed by atoms with E-state index in [9.17, 15) is 5.11 Å². The molecule has 2 aromatic rings. The Bertz CT molecular complexity index is 790.